The number of carbonyl (C=O) groups is 1. The third kappa shape index (κ3) is 3.73. The Morgan fingerprint density at radius 2 is 1.89 bits per heavy atom. The van der Waals surface area contributed by atoms with Gasteiger partial charge in [-0.05, 0) is 37.1 Å². The highest BCUT2D eigenvalue weighted by molar-refractivity contribution is 6.03. The summed E-state index contributed by atoms with van der Waals surface area (Å²) in [5.41, 5.74) is 2.93. The largest absolute Gasteiger partial charge is 0.454 e. The molecule has 0 radical (unpaired) electrons. The molecule has 7 heteroatoms. The van der Waals surface area contributed by atoms with Crippen LogP contribution in [0.5, 0.6) is 11.5 Å². The summed E-state index contributed by atoms with van der Waals surface area (Å²) in [6.45, 7) is 4.02. The van der Waals surface area contributed by atoms with Gasteiger partial charge in [-0.3, -0.25) is 4.79 Å². The SMILES string of the molecule is CCc1ccccc1NC(=O)c1cc(Nc2ccc3c(c2)OCO3)nc(C)n1. The summed E-state index contributed by atoms with van der Waals surface area (Å²) in [5, 5.41) is 6.13. The Morgan fingerprint density at radius 1 is 1.07 bits per heavy atom. The zero-order valence-corrected chi connectivity index (χ0v) is 15.7. The number of benzene rings is 2. The molecular formula is C21H20N4O3. The molecule has 0 saturated heterocycles. The second-order valence-corrected chi connectivity index (χ2v) is 6.34. The van der Waals surface area contributed by atoms with Crippen LogP contribution in [0.1, 0.15) is 28.8 Å². The van der Waals surface area contributed by atoms with Gasteiger partial charge in [0, 0.05) is 23.5 Å². The number of aryl methyl sites for hydroxylation is 2. The van der Waals surface area contributed by atoms with Crippen LogP contribution in [0.25, 0.3) is 0 Å². The molecule has 2 heterocycles. The van der Waals surface area contributed by atoms with Crippen molar-refractivity contribution in [3.05, 3.63) is 65.6 Å². The first-order valence-corrected chi connectivity index (χ1v) is 9.04. The van der Waals surface area contributed by atoms with Crippen molar-refractivity contribution in [1.29, 1.82) is 0 Å². The van der Waals surface area contributed by atoms with E-state index >= 15 is 0 Å². The van der Waals surface area contributed by atoms with E-state index in [9.17, 15) is 4.79 Å². The van der Waals surface area contributed by atoms with E-state index in [4.69, 9.17) is 9.47 Å². The molecule has 0 bridgehead atoms. The van der Waals surface area contributed by atoms with E-state index in [0.717, 1.165) is 23.4 Å². The number of carbonyl (C=O) groups excluding carboxylic acids is 1. The average Bonchev–Trinajstić information content (AvgIpc) is 3.16. The fraction of sp³-hybridized carbons (Fsp3) is 0.190. The predicted molar refractivity (Wildman–Crippen MR) is 106 cm³/mol. The molecule has 1 aromatic heterocycles. The summed E-state index contributed by atoms with van der Waals surface area (Å²) in [6, 6.07) is 14.9. The second kappa shape index (κ2) is 7.56. The van der Waals surface area contributed by atoms with Gasteiger partial charge in [0.15, 0.2) is 11.5 Å². The Morgan fingerprint density at radius 3 is 2.75 bits per heavy atom. The molecule has 1 aliphatic heterocycles. The lowest BCUT2D eigenvalue weighted by Crippen LogP contribution is -2.16. The Hall–Kier alpha value is -3.61. The van der Waals surface area contributed by atoms with Gasteiger partial charge in [-0.2, -0.15) is 0 Å². The van der Waals surface area contributed by atoms with Crippen LogP contribution in [0.2, 0.25) is 0 Å². The van der Waals surface area contributed by atoms with Crippen molar-refractivity contribution in [1.82, 2.24) is 9.97 Å². The number of amides is 1. The molecule has 142 valence electrons. The molecule has 0 aliphatic carbocycles. The van der Waals surface area contributed by atoms with Crippen LogP contribution in [0.15, 0.2) is 48.5 Å². The first-order valence-electron chi connectivity index (χ1n) is 9.04. The normalized spacial score (nSPS) is 11.9. The molecule has 7 nitrogen and oxygen atoms in total. The first kappa shape index (κ1) is 17.8. The Balaban J connectivity index is 1.56. The summed E-state index contributed by atoms with van der Waals surface area (Å²) in [4.78, 5) is 21.4. The number of nitrogens with zero attached hydrogens (tertiary/aromatic N) is 2. The summed E-state index contributed by atoms with van der Waals surface area (Å²) in [7, 11) is 0. The molecule has 1 amide bonds. The number of aromatic nitrogens is 2. The maximum absolute atomic E-state index is 12.7. The maximum atomic E-state index is 12.7. The van der Waals surface area contributed by atoms with Crippen LogP contribution in [0, 0.1) is 6.92 Å². The van der Waals surface area contributed by atoms with Gasteiger partial charge in [-0.25, -0.2) is 9.97 Å². The fourth-order valence-electron chi connectivity index (χ4n) is 3.01. The second-order valence-electron chi connectivity index (χ2n) is 6.34. The zero-order valence-electron chi connectivity index (χ0n) is 15.7. The summed E-state index contributed by atoms with van der Waals surface area (Å²) in [6.07, 6.45) is 0.830. The smallest absolute Gasteiger partial charge is 0.274 e. The molecule has 4 rings (SSSR count). The number of nitrogens with one attached hydrogen (secondary N) is 2. The highest BCUT2D eigenvalue weighted by atomic mass is 16.7. The molecular weight excluding hydrogens is 356 g/mol. The van der Waals surface area contributed by atoms with E-state index < -0.39 is 0 Å². The third-order valence-corrected chi connectivity index (χ3v) is 4.36. The summed E-state index contributed by atoms with van der Waals surface area (Å²) in [5.74, 6) is 2.13. The number of hydrogen-bond acceptors (Lipinski definition) is 6. The van der Waals surface area contributed by atoms with Gasteiger partial charge in [-0.1, -0.05) is 25.1 Å². The van der Waals surface area contributed by atoms with Crippen molar-refractivity contribution in [3.63, 3.8) is 0 Å². The molecule has 0 fully saturated rings. The zero-order chi connectivity index (χ0) is 19.5. The van der Waals surface area contributed by atoms with Crippen LogP contribution in [-0.4, -0.2) is 22.7 Å². The van der Waals surface area contributed by atoms with Crippen molar-refractivity contribution < 1.29 is 14.3 Å². The fourth-order valence-corrected chi connectivity index (χ4v) is 3.01. The van der Waals surface area contributed by atoms with Crippen LogP contribution in [0.4, 0.5) is 17.2 Å². The number of para-hydroxylation sites is 1. The highest BCUT2D eigenvalue weighted by Gasteiger charge is 2.15. The molecule has 3 aromatic rings. The minimum Gasteiger partial charge on any atom is -0.454 e. The van der Waals surface area contributed by atoms with E-state index in [2.05, 4.69) is 20.6 Å². The Labute approximate surface area is 162 Å². The molecule has 0 unspecified atom stereocenters. The highest BCUT2D eigenvalue weighted by Crippen LogP contribution is 2.35. The standard InChI is InChI=1S/C21H20N4O3/c1-3-14-6-4-5-7-16(14)25-21(26)17-11-20(23-13(2)22-17)24-15-8-9-18-19(10-15)28-12-27-18/h4-11H,3,12H2,1-2H3,(H,25,26)(H,22,23,24). The van der Waals surface area contributed by atoms with Crippen molar-refractivity contribution in [3.8, 4) is 11.5 Å². The van der Waals surface area contributed by atoms with E-state index in [1.807, 2.05) is 49.4 Å². The van der Waals surface area contributed by atoms with Gasteiger partial charge >= 0.3 is 0 Å². The van der Waals surface area contributed by atoms with Gasteiger partial charge < -0.3 is 20.1 Å². The van der Waals surface area contributed by atoms with Crippen molar-refractivity contribution in [2.45, 2.75) is 20.3 Å². The minimum atomic E-state index is -0.278. The molecule has 28 heavy (non-hydrogen) atoms. The molecule has 2 N–H and O–H groups in total. The van der Waals surface area contributed by atoms with Crippen LogP contribution in [-0.2, 0) is 6.42 Å². The van der Waals surface area contributed by atoms with Gasteiger partial charge in [0.1, 0.15) is 17.3 Å². The summed E-state index contributed by atoms with van der Waals surface area (Å²) >= 11 is 0. The molecule has 0 atom stereocenters. The van der Waals surface area contributed by atoms with Crippen LogP contribution < -0.4 is 20.1 Å². The van der Waals surface area contributed by atoms with Gasteiger partial charge in [0.2, 0.25) is 6.79 Å². The van der Waals surface area contributed by atoms with E-state index in [1.165, 1.54) is 0 Å². The molecule has 1 aliphatic rings. The van der Waals surface area contributed by atoms with Crippen molar-refractivity contribution >= 4 is 23.1 Å². The molecule has 0 saturated carbocycles. The van der Waals surface area contributed by atoms with Crippen molar-refractivity contribution in [2.24, 2.45) is 0 Å². The average molecular weight is 376 g/mol. The number of rotatable bonds is 5. The third-order valence-electron chi connectivity index (χ3n) is 4.36. The van der Waals surface area contributed by atoms with Gasteiger partial charge in [0.25, 0.3) is 5.91 Å². The van der Waals surface area contributed by atoms with E-state index in [0.29, 0.717) is 28.8 Å². The van der Waals surface area contributed by atoms with Crippen molar-refractivity contribution in [2.75, 3.05) is 17.4 Å². The molecule has 0 spiro atoms. The number of hydrogen-bond donors (Lipinski definition) is 2. The quantitative estimate of drug-likeness (QED) is 0.698. The first-order chi connectivity index (χ1) is 13.6. The number of fused-ring (bicyclic) bond motifs is 1. The van der Waals surface area contributed by atoms with E-state index in [1.54, 1.807) is 13.0 Å². The lowest BCUT2D eigenvalue weighted by Gasteiger charge is -2.11. The summed E-state index contributed by atoms with van der Waals surface area (Å²) < 4.78 is 10.7. The number of anilines is 3. The maximum Gasteiger partial charge on any atom is 0.274 e. The number of ether oxygens (including phenoxy) is 2. The minimum absolute atomic E-state index is 0.217. The van der Waals surface area contributed by atoms with Gasteiger partial charge in [-0.15, -0.1) is 0 Å². The van der Waals surface area contributed by atoms with E-state index in [-0.39, 0.29) is 12.7 Å². The molecule has 2 aromatic carbocycles. The lowest BCUT2D eigenvalue weighted by molar-refractivity contribution is 0.102. The topological polar surface area (TPSA) is 85.4 Å². The van der Waals surface area contributed by atoms with Gasteiger partial charge in [0.05, 0.1) is 0 Å². The van der Waals surface area contributed by atoms with Crippen LogP contribution in [0.3, 0.4) is 0 Å². The Kier molecular flexibility index (Phi) is 4.80. The monoisotopic (exact) mass is 376 g/mol. The van der Waals surface area contributed by atoms with Crippen LogP contribution >= 0.6 is 0 Å². The predicted octanol–water partition coefficient (Wildman–Crippen LogP) is 4.07. The lowest BCUT2D eigenvalue weighted by atomic mass is 10.1. The Bertz CT molecular complexity index is 1040.